The number of nitrogens with one attached hydrogen (secondary N) is 1. The van der Waals surface area contributed by atoms with E-state index in [-0.39, 0.29) is 18.9 Å². The second-order valence-corrected chi connectivity index (χ2v) is 6.80. The van der Waals surface area contributed by atoms with E-state index in [0.29, 0.717) is 24.7 Å². The van der Waals surface area contributed by atoms with Crippen molar-refractivity contribution in [1.29, 1.82) is 0 Å². The van der Waals surface area contributed by atoms with Gasteiger partial charge < -0.3 is 20.5 Å². The largest absolute Gasteiger partial charge is 0.451 e. The molecule has 11 heteroatoms. The first-order chi connectivity index (χ1) is 13.8. The van der Waals surface area contributed by atoms with Crippen LogP contribution in [-0.4, -0.2) is 31.3 Å². The van der Waals surface area contributed by atoms with Crippen molar-refractivity contribution in [3.05, 3.63) is 53.4 Å². The number of halogens is 3. The summed E-state index contributed by atoms with van der Waals surface area (Å²) >= 11 is 0. The lowest BCUT2D eigenvalue weighted by molar-refractivity contribution is -0.147. The highest BCUT2D eigenvalue weighted by atomic mass is 19.4. The van der Waals surface area contributed by atoms with Gasteiger partial charge in [0.05, 0.1) is 6.54 Å². The van der Waals surface area contributed by atoms with Crippen LogP contribution in [0.25, 0.3) is 0 Å². The zero-order valence-corrected chi connectivity index (χ0v) is 15.6. The minimum atomic E-state index is -4.50. The summed E-state index contributed by atoms with van der Waals surface area (Å²) in [6.07, 6.45) is -1.11. The molecule has 0 saturated carbocycles. The number of alkyl halides is 3. The van der Waals surface area contributed by atoms with Crippen molar-refractivity contribution < 1.29 is 13.2 Å². The standard InChI is InChI=1S/C18H19F3N8/c1-11-6-15(25-9-12(11)8-24-13-2-3-23-14(22)7-13)28-4-5-29-16(10-28)26-27-17(29)18(19,20)21/h2-3,6-7,9H,4-5,8,10H2,1H3,(H3,22,23,24). The van der Waals surface area contributed by atoms with E-state index in [1.807, 2.05) is 24.0 Å². The monoisotopic (exact) mass is 404 g/mol. The number of nitrogens with two attached hydrogens (primary N) is 1. The molecule has 0 bridgehead atoms. The lowest BCUT2D eigenvalue weighted by Crippen LogP contribution is -2.35. The molecule has 8 nitrogen and oxygen atoms in total. The molecule has 0 aliphatic carbocycles. The first kappa shape index (κ1) is 19.0. The van der Waals surface area contributed by atoms with E-state index in [2.05, 4.69) is 25.5 Å². The lowest BCUT2D eigenvalue weighted by atomic mass is 10.1. The molecular weight excluding hydrogens is 385 g/mol. The van der Waals surface area contributed by atoms with Crippen LogP contribution in [0, 0.1) is 6.92 Å². The van der Waals surface area contributed by atoms with Crippen molar-refractivity contribution in [3.63, 3.8) is 0 Å². The number of aromatic nitrogens is 5. The van der Waals surface area contributed by atoms with Gasteiger partial charge >= 0.3 is 6.18 Å². The topological polar surface area (TPSA) is 97.8 Å². The summed E-state index contributed by atoms with van der Waals surface area (Å²) in [5, 5.41) is 10.3. The predicted octanol–water partition coefficient (Wildman–Crippen LogP) is 2.61. The third kappa shape index (κ3) is 3.93. The van der Waals surface area contributed by atoms with E-state index in [9.17, 15) is 13.2 Å². The van der Waals surface area contributed by atoms with Crippen molar-refractivity contribution in [2.45, 2.75) is 32.7 Å². The average molecular weight is 404 g/mol. The van der Waals surface area contributed by atoms with Gasteiger partial charge in [0.1, 0.15) is 11.6 Å². The minimum Gasteiger partial charge on any atom is -0.384 e. The molecule has 152 valence electrons. The SMILES string of the molecule is Cc1cc(N2CCn3c(nnc3C(F)(F)F)C2)ncc1CNc1ccnc(N)c1. The van der Waals surface area contributed by atoms with Gasteiger partial charge in [-0.25, -0.2) is 9.97 Å². The zero-order chi connectivity index (χ0) is 20.6. The molecule has 0 spiro atoms. The van der Waals surface area contributed by atoms with Crippen LogP contribution >= 0.6 is 0 Å². The normalized spacial score (nSPS) is 14.0. The maximum absolute atomic E-state index is 13.0. The van der Waals surface area contributed by atoms with Gasteiger partial charge in [0.2, 0.25) is 5.82 Å². The highest BCUT2D eigenvalue weighted by Gasteiger charge is 2.39. The zero-order valence-electron chi connectivity index (χ0n) is 15.6. The summed E-state index contributed by atoms with van der Waals surface area (Å²) in [7, 11) is 0. The minimum absolute atomic E-state index is 0.157. The highest BCUT2D eigenvalue weighted by Crippen LogP contribution is 2.30. The Bertz CT molecular complexity index is 1030. The summed E-state index contributed by atoms with van der Waals surface area (Å²) in [6, 6.07) is 5.50. The fourth-order valence-corrected chi connectivity index (χ4v) is 3.25. The van der Waals surface area contributed by atoms with Crippen LogP contribution < -0.4 is 16.0 Å². The summed E-state index contributed by atoms with van der Waals surface area (Å²) in [5.41, 5.74) is 8.56. The first-order valence-corrected chi connectivity index (χ1v) is 8.96. The number of nitrogen functional groups attached to an aromatic ring is 1. The molecule has 0 amide bonds. The summed E-state index contributed by atoms with van der Waals surface area (Å²) in [6.45, 7) is 3.31. The van der Waals surface area contributed by atoms with E-state index in [1.54, 1.807) is 18.5 Å². The van der Waals surface area contributed by atoms with Crippen molar-refractivity contribution >= 4 is 17.3 Å². The van der Waals surface area contributed by atoms with Gasteiger partial charge in [-0.1, -0.05) is 0 Å². The Morgan fingerprint density at radius 2 is 2.00 bits per heavy atom. The van der Waals surface area contributed by atoms with Crippen LogP contribution in [0.4, 0.5) is 30.5 Å². The summed E-state index contributed by atoms with van der Waals surface area (Å²) in [5.74, 6) is 0.465. The number of nitrogens with zero attached hydrogens (tertiary/aromatic N) is 6. The molecule has 0 saturated heterocycles. The molecule has 1 aliphatic rings. The Labute approximate surface area is 164 Å². The highest BCUT2D eigenvalue weighted by molar-refractivity contribution is 5.51. The van der Waals surface area contributed by atoms with Crippen LogP contribution in [0.2, 0.25) is 0 Å². The third-order valence-corrected chi connectivity index (χ3v) is 4.80. The van der Waals surface area contributed by atoms with Crippen LogP contribution in [-0.2, 0) is 25.8 Å². The number of anilines is 3. The van der Waals surface area contributed by atoms with Crippen LogP contribution in [0.3, 0.4) is 0 Å². The van der Waals surface area contributed by atoms with Gasteiger partial charge in [0.15, 0.2) is 5.82 Å². The Morgan fingerprint density at radius 1 is 1.17 bits per heavy atom. The van der Waals surface area contributed by atoms with Gasteiger partial charge in [0.25, 0.3) is 0 Å². The lowest BCUT2D eigenvalue weighted by Gasteiger charge is -2.29. The fourth-order valence-electron chi connectivity index (χ4n) is 3.25. The average Bonchev–Trinajstić information content (AvgIpc) is 3.10. The molecule has 0 aromatic carbocycles. The molecule has 3 N–H and O–H groups in total. The van der Waals surface area contributed by atoms with Crippen LogP contribution in [0.1, 0.15) is 22.8 Å². The summed E-state index contributed by atoms with van der Waals surface area (Å²) in [4.78, 5) is 10.3. The Morgan fingerprint density at radius 3 is 2.72 bits per heavy atom. The molecule has 4 heterocycles. The Hall–Kier alpha value is -3.37. The quantitative estimate of drug-likeness (QED) is 0.690. The molecule has 3 aromatic rings. The van der Waals surface area contributed by atoms with E-state index in [1.165, 1.54) is 0 Å². The fraction of sp³-hybridized carbons (Fsp3) is 0.333. The van der Waals surface area contributed by atoms with Gasteiger partial charge in [0, 0.05) is 43.8 Å². The van der Waals surface area contributed by atoms with Gasteiger partial charge in [-0.15, -0.1) is 10.2 Å². The number of aryl methyl sites for hydroxylation is 1. The maximum Gasteiger partial charge on any atom is 0.451 e. The van der Waals surface area contributed by atoms with Crippen molar-refractivity contribution in [3.8, 4) is 0 Å². The number of fused-ring (bicyclic) bond motifs is 1. The number of rotatable bonds is 4. The smallest absolute Gasteiger partial charge is 0.384 e. The Balaban J connectivity index is 1.46. The van der Waals surface area contributed by atoms with Crippen molar-refractivity contribution in [1.82, 2.24) is 24.7 Å². The van der Waals surface area contributed by atoms with E-state index >= 15 is 0 Å². The molecule has 3 aromatic heterocycles. The predicted molar refractivity (Wildman–Crippen MR) is 101 cm³/mol. The molecule has 0 unspecified atom stereocenters. The molecule has 0 radical (unpaired) electrons. The van der Waals surface area contributed by atoms with Gasteiger partial charge in [-0.3, -0.25) is 0 Å². The van der Waals surface area contributed by atoms with Crippen molar-refractivity contribution in [2.75, 3.05) is 22.5 Å². The molecular formula is C18H19F3N8. The maximum atomic E-state index is 13.0. The molecule has 0 atom stereocenters. The van der Waals surface area contributed by atoms with E-state index < -0.39 is 12.0 Å². The van der Waals surface area contributed by atoms with E-state index in [0.717, 1.165) is 21.4 Å². The van der Waals surface area contributed by atoms with Gasteiger partial charge in [-0.2, -0.15) is 13.2 Å². The van der Waals surface area contributed by atoms with Crippen LogP contribution in [0.5, 0.6) is 0 Å². The molecule has 0 fully saturated rings. The summed E-state index contributed by atoms with van der Waals surface area (Å²) < 4.78 is 40.1. The number of hydrogen-bond donors (Lipinski definition) is 2. The number of hydrogen-bond acceptors (Lipinski definition) is 7. The second-order valence-electron chi connectivity index (χ2n) is 6.80. The van der Waals surface area contributed by atoms with Gasteiger partial charge in [-0.05, 0) is 30.2 Å². The molecule has 4 rings (SSSR count). The first-order valence-electron chi connectivity index (χ1n) is 8.96. The molecule has 1 aliphatic heterocycles. The number of pyridine rings is 2. The van der Waals surface area contributed by atoms with E-state index in [4.69, 9.17) is 5.73 Å². The Kier molecular flexibility index (Phi) is 4.73. The molecule has 29 heavy (non-hydrogen) atoms. The third-order valence-electron chi connectivity index (χ3n) is 4.80. The van der Waals surface area contributed by atoms with Crippen LogP contribution in [0.15, 0.2) is 30.6 Å². The second kappa shape index (κ2) is 7.22. The van der Waals surface area contributed by atoms with Crippen molar-refractivity contribution in [2.24, 2.45) is 0 Å².